The van der Waals surface area contributed by atoms with Crippen molar-refractivity contribution in [2.75, 3.05) is 49.6 Å². The van der Waals surface area contributed by atoms with Gasteiger partial charge < -0.3 is 30.1 Å². The van der Waals surface area contributed by atoms with Gasteiger partial charge in [-0.1, -0.05) is 0 Å². The molecule has 12 nitrogen and oxygen atoms in total. The molecule has 0 radical (unpaired) electrons. The molecular formula is C28H28F4N6O6. The predicted molar refractivity (Wildman–Crippen MR) is 149 cm³/mol. The van der Waals surface area contributed by atoms with Crippen LogP contribution >= 0.6 is 0 Å². The fourth-order valence-electron chi connectivity index (χ4n) is 5.86. The molecule has 3 fully saturated rings. The number of morpholine rings is 1. The van der Waals surface area contributed by atoms with E-state index in [0.29, 0.717) is 52.1 Å². The lowest BCUT2D eigenvalue weighted by atomic mass is 10.1. The van der Waals surface area contributed by atoms with Gasteiger partial charge in [-0.15, -0.1) is 13.2 Å². The van der Waals surface area contributed by atoms with E-state index in [1.54, 1.807) is 4.90 Å². The first kappa shape index (κ1) is 29.6. The summed E-state index contributed by atoms with van der Waals surface area (Å²) in [5, 5.41) is 13.8. The summed E-state index contributed by atoms with van der Waals surface area (Å²) in [6.07, 6.45) is -3.63. The van der Waals surface area contributed by atoms with E-state index in [2.05, 4.69) is 20.4 Å². The van der Waals surface area contributed by atoms with E-state index in [9.17, 15) is 27.6 Å². The molecule has 6 rings (SSSR count). The highest BCUT2D eigenvalue weighted by Crippen LogP contribution is 2.44. The molecule has 3 N–H and O–H groups in total. The first-order chi connectivity index (χ1) is 20.9. The minimum Gasteiger partial charge on any atom is -0.465 e. The summed E-state index contributed by atoms with van der Waals surface area (Å²) in [5.74, 6) is -1.92. The second-order valence-electron chi connectivity index (χ2n) is 10.9. The van der Waals surface area contributed by atoms with Gasteiger partial charge >= 0.3 is 12.5 Å². The molecule has 3 heterocycles. The minimum absolute atomic E-state index is 0.0667. The largest absolute Gasteiger partial charge is 0.573 e. The molecule has 2 aliphatic heterocycles. The summed E-state index contributed by atoms with van der Waals surface area (Å²) < 4.78 is 65.8. The SMILES string of the molecule is O=C(O)NC1CCN(c2ccc3c(=O)n(-c4ccc(OC(F)(F)F)c(NC(=O)C5(N6CCOCC6)CC5)c4)cnc3c2F)C1. The third-order valence-corrected chi connectivity index (χ3v) is 8.18. The molecule has 1 saturated carbocycles. The van der Waals surface area contributed by atoms with E-state index < -0.39 is 41.0 Å². The Morgan fingerprint density at radius 1 is 1.11 bits per heavy atom. The van der Waals surface area contributed by atoms with Crippen LogP contribution in [0.3, 0.4) is 0 Å². The number of nitrogens with zero attached hydrogens (tertiary/aromatic N) is 4. The van der Waals surface area contributed by atoms with Gasteiger partial charge in [0.25, 0.3) is 5.56 Å². The van der Waals surface area contributed by atoms with E-state index >= 15 is 4.39 Å². The Labute approximate surface area is 247 Å². The zero-order chi connectivity index (χ0) is 31.2. The van der Waals surface area contributed by atoms with Crippen molar-refractivity contribution < 1.29 is 41.7 Å². The number of halogens is 4. The maximum absolute atomic E-state index is 15.5. The maximum atomic E-state index is 15.5. The van der Waals surface area contributed by atoms with Crippen molar-refractivity contribution in [2.45, 2.75) is 37.2 Å². The molecule has 0 spiro atoms. The highest BCUT2D eigenvalue weighted by Gasteiger charge is 2.54. The van der Waals surface area contributed by atoms with Gasteiger partial charge in [0.2, 0.25) is 5.91 Å². The molecule has 0 bridgehead atoms. The smallest absolute Gasteiger partial charge is 0.465 e. The highest BCUT2D eigenvalue weighted by atomic mass is 19.4. The van der Waals surface area contributed by atoms with Gasteiger partial charge in [0.15, 0.2) is 11.6 Å². The summed E-state index contributed by atoms with van der Waals surface area (Å²) >= 11 is 0. The molecule has 44 heavy (non-hydrogen) atoms. The van der Waals surface area contributed by atoms with Gasteiger partial charge in [-0.3, -0.25) is 19.1 Å². The Balaban J connectivity index is 1.31. The summed E-state index contributed by atoms with van der Waals surface area (Å²) in [6, 6.07) is 5.77. The van der Waals surface area contributed by atoms with Crippen LogP contribution in [0.2, 0.25) is 0 Å². The number of hydrogen-bond acceptors (Lipinski definition) is 8. The Morgan fingerprint density at radius 3 is 2.55 bits per heavy atom. The van der Waals surface area contributed by atoms with E-state index in [1.807, 2.05) is 4.90 Å². The van der Waals surface area contributed by atoms with Crippen LogP contribution in [-0.4, -0.2) is 88.9 Å². The molecule has 1 atom stereocenters. The van der Waals surface area contributed by atoms with Gasteiger partial charge in [-0.05, 0) is 49.6 Å². The number of benzene rings is 2. The molecule has 1 aliphatic carbocycles. The van der Waals surface area contributed by atoms with Crippen LogP contribution in [0.5, 0.6) is 5.75 Å². The first-order valence-electron chi connectivity index (χ1n) is 13.9. The highest BCUT2D eigenvalue weighted by molar-refractivity contribution is 6.01. The summed E-state index contributed by atoms with van der Waals surface area (Å²) in [5.41, 5.74) is -1.85. The third-order valence-electron chi connectivity index (χ3n) is 8.18. The van der Waals surface area contributed by atoms with Crippen molar-refractivity contribution in [3.05, 3.63) is 52.8 Å². The van der Waals surface area contributed by atoms with Crippen LogP contribution in [0, 0.1) is 5.82 Å². The number of amides is 2. The van der Waals surface area contributed by atoms with Gasteiger partial charge in [0.05, 0.1) is 41.7 Å². The molecular weight excluding hydrogens is 592 g/mol. The summed E-state index contributed by atoms with van der Waals surface area (Å²) in [7, 11) is 0. The number of carboxylic acid groups (broad SMARTS) is 1. The Morgan fingerprint density at radius 2 is 1.86 bits per heavy atom. The first-order valence-corrected chi connectivity index (χ1v) is 13.9. The van der Waals surface area contributed by atoms with Crippen LogP contribution in [0.4, 0.5) is 33.7 Å². The van der Waals surface area contributed by atoms with Crippen LogP contribution in [0.25, 0.3) is 16.6 Å². The molecule has 1 unspecified atom stereocenters. The lowest BCUT2D eigenvalue weighted by molar-refractivity contribution is -0.274. The molecule has 2 saturated heterocycles. The zero-order valence-electron chi connectivity index (χ0n) is 23.2. The number of hydrogen-bond donors (Lipinski definition) is 3. The van der Waals surface area contributed by atoms with Crippen molar-refractivity contribution in [3.63, 3.8) is 0 Å². The second-order valence-corrected chi connectivity index (χ2v) is 10.9. The number of ether oxygens (including phenoxy) is 2. The quantitative estimate of drug-likeness (QED) is 0.340. The van der Waals surface area contributed by atoms with E-state index in [4.69, 9.17) is 9.84 Å². The summed E-state index contributed by atoms with van der Waals surface area (Å²) in [6.45, 7) is 2.51. The third kappa shape index (κ3) is 5.74. The average molecular weight is 621 g/mol. The molecule has 2 aromatic carbocycles. The fourth-order valence-corrected chi connectivity index (χ4v) is 5.86. The standard InChI is InChI=1S/C28H28F4N6O6/c29-22-20(36-8-5-16(14-36)34-26(41)42)3-2-18-23(22)33-15-38(24(18)39)17-1-4-21(44-28(30,31)32)19(13-17)35-25(40)27(6-7-27)37-9-11-43-12-10-37/h1-4,13,15-16,34H,5-12,14H2,(H,35,40)(H,41,42). The van der Waals surface area contributed by atoms with Gasteiger partial charge in [0, 0.05) is 26.2 Å². The van der Waals surface area contributed by atoms with Crippen LogP contribution in [-0.2, 0) is 9.53 Å². The lowest BCUT2D eigenvalue weighted by Gasteiger charge is -2.34. The maximum Gasteiger partial charge on any atom is 0.573 e. The minimum atomic E-state index is -5.04. The van der Waals surface area contributed by atoms with Crippen LogP contribution in [0.15, 0.2) is 41.5 Å². The van der Waals surface area contributed by atoms with Gasteiger partial charge in [-0.2, -0.15) is 0 Å². The number of nitrogens with one attached hydrogen (secondary N) is 2. The van der Waals surface area contributed by atoms with Crippen LogP contribution < -0.4 is 25.8 Å². The molecule has 3 aliphatic rings. The monoisotopic (exact) mass is 620 g/mol. The molecule has 234 valence electrons. The number of rotatable bonds is 7. The number of alkyl halides is 3. The summed E-state index contributed by atoms with van der Waals surface area (Å²) in [4.78, 5) is 45.5. The van der Waals surface area contributed by atoms with Gasteiger partial charge in [0.1, 0.15) is 17.4 Å². The number of fused-ring (bicyclic) bond motifs is 1. The Bertz CT molecular complexity index is 1670. The van der Waals surface area contributed by atoms with Crippen molar-refractivity contribution in [3.8, 4) is 11.4 Å². The van der Waals surface area contributed by atoms with E-state index in [1.165, 1.54) is 24.3 Å². The van der Waals surface area contributed by atoms with Crippen molar-refractivity contribution in [1.82, 2.24) is 19.8 Å². The normalized spacial score (nSPS) is 20.0. The van der Waals surface area contributed by atoms with E-state index in [-0.39, 0.29) is 40.6 Å². The Kier molecular flexibility index (Phi) is 7.57. The number of aromatic nitrogens is 2. The van der Waals surface area contributed by atoms with Crippen molar-refractivity contribution >= 4 is 34.3 Å². The molecule has 2 amide bonds. The zero-order valence-corrected chi connectivity index (χ0v) is 23.2. The predicted octanol–water partition coefficient (Wildman–Crippen LogP) is 3.07. The topological polar surface area (TPSA) is 138 Å². The number of anilines is 2. The molecule has 16 heteroatoms. The Hall–Kier alpha value is -4.44. The van der Waals surface area contributed by atoms with Crippen molar-refractivity contribution in [2.24, 2.45) is 0 Å². The molecule has 3 aromatic rings. The second kappa shape index (κ2) is 11.2. The number of carbonyl (C=O) groups excluding carboxylic acids is 1. The van der Waals surface area contributed by atoms with Crippen molar-refractivity contribution in [1.29, 1.82) is 0 Å². The fraction of sp³-hybridized carbons (Fsp3) is 0.429. The van der Waals surface area contributed by atoms with Gasteiger partial charge in [-0.25, -0.2) is 14.2 Å². The lowest BCUT2D eigenvalue weighted by Crippen LogP contribution is -2.51. The number of carbonyl (C=O) groups is 2. The van der Waals surface area contributed by atoms with Crippen LogP contribution in [0.1, 0.15) is 19.3 Å². The van der Waals surface area contributed by atoms with E-state index in [0.717, 1.165) is 17.0 Å². The molecule has 1 aromatic heterocycles. The average Bonchev–Trinajstić information content (AvgIpc) is 3.67.